The van der Waals surface area contributed by atoms with Crippen molar-refractivity contribution in [3.05, 3.63) is 24.3 Å². The van der Waals surface area contributed by atoms with Gasteiger partial charge >= 0.3 is 0 Å². The Hall–Kier alpha value is -0.740. The number of hydrogen-bond donors (Lipinski definition) is 3. The predicted molar refractivity (Wildman–Crippen MR) is 53.3 cm³/mol. The van der Waals surface area contributed by atoms with Gasteiger partial charge in [-0.3, -0.25) is 0 Å². The molecule has 1 rings (SSSR count). The Labute approximate surface area is 75.7 Å². The van der Waals surface area contributed by atoms with Gasteiger partial charge in [-0.15, -0.1) is 12.6 Å². The number of phenolic OH excluding ortho intramolecular Hbond substituents is 1. The Kier molecular flexibility index (Phi) is 2.73. The average molecular weight is 185 g/mol. The topological polar surface area (TPSA) is 32.3 Å². The minimum absolute atomic E-state index is 0.237. The van der Waals surface area contributed by atoms with Crippen LogP contribution in [0.4, 0.5) is 5.69 Å². The van der Waals surface area contributed by atoms with Gasteiger partial charge in [0.05, 0.1) is 0 Å². The van der Waals surface area contributed by atoms with Gasteiger partial charge in [0, 0.05) is 5.69 Å². The van der Waals surface area contributed by atoms with Crippen molar-refractivity contribution in [2.24, 2.45) is 0 Å². The fourth-order valence-corrected chi connectivity index (χ4v) is 0.915. The first-order chi connectivity index (χ1) is 5.18. The molecule has 2 nitrogen and oxygen atoms in total. The summed E-state index contributed by atoms with van der Waals surface area (Å²) in [5, 5.41) is 11.7. The summed E-state index contributed by atoms with van der Waals surface area (Å²) in [5.74, 6) is 0.237. The van der Waals surface area contributed by atoms with Crippen molar-refractivity contribution in [2.45, 2.75) is 0 Å². The number of anilines is 1. The van der Waals surface area contributed by atoms with E-state index in [1.165, 1.54) is 0 Å². The molecule has 1 aromatic rings. The first-order valence-corrected chi connectivity index (χ1v) is 3.83. The van der Waals surface area contributed by atoms with Crippen LogP contribution in [0.15, 0.2) is 24.3 Å². The van der Waals surface area contributed by atoms with E-state index in [2.05, 4.69) is 17.9 Å². The second kappa shape index (κ2) is 3.59. The van der Waals surface area contributed by atoms with Crippen LogP contribution in [0.1, 0.15) is 0 Å². The maximum absolute atomic E-state index is 8.91. The van der Waals surface area contributed by atoms with Crippen molar-refractivity contribution < 1.29 is 5.11 Å². The highest BCUT2D eigenvalue weighted by atomic mass is 32.1. The molecule has 1 aromatic carbocycles. The second-order valence-corrected chi connectivity index (χ2v) is 3.14. The Balaban J connectivity index is 2.74. The van der Waals surface area contributed by atoms with Crippen LogP contribution in [0.5, 0.6) is 5.75 Å². The summed E-state index contributed by atoms with van der Waals surface area (Å²) in [7, 11) is 0. The minimum atomic E-state index is 0.237. The molecule has 11 heavy (non-hydrogen) atoms. The number of aromatic hydroxyl groups is 1. The summed E-state index contributed by atoms with van der Waals surface area (Å²) in [6.45, 7) is 0. The average Bonchev–Trinajstić information content (AvgIpc) is 1.93. The van der Waals surface area contributed by atoms with Crippen LogP contribution in [-0.4, -0.2) is 9.43 Å². The smallest absolute Gasteiger partial charge is 0.135 e. The summed E-state index contributed by atoms with van der Waals surface area (Å²) in [6.07, 6.45) is 0. The highest BCUT2D eigenvalue weighted by Crippen LogP contribution is 2.13. The van der Waals surface area contributed by atoms with Gasteiger partial charge in [-0.25, -0.2) is 0 Å². The highest BCUT2D eigenvalue weighted by Gasteiger charge is 1.91. The molecule has 0 fully saturated rings. The van der Waals surface area contributed by atoms with E-state index in [0.717, 1.165) is 5.69 Å². The molecule has 0 spiro atoms. The zero-order valence-corrected chi connectivity index (χ0v) is 7.32. The molecule has 0 bridgehead atoms. The third-order valence-corrected chi connectivity index (χ3v) is 1.33. The molecule has 58 valence electrons. The third kappa shape index (κ3) is 2.78. The second-order valence-electron chi connectivity index (χ2n) is 1.98. The van der Waals surface area contributed by atoms with E-state index < -0.39 is 0 Å². The number of phenols is 1. The molecule has 0 aliphatic heterocycles. The third-order valence-electron chi connectivity index (χ3n) is 1.12. The lowest BCUT2D eigenvalue weighted by atomic mass is 10.3. The van der Waals surface area contributed by atoms with E-state index in [1.807, 2.05) is 0 Å². The monoisotopic (exact) mass is 185 g/mol. The standard InChI is InChI=1S/C7H7NOS2/c9-6-3-1-5(2-4-6)8-7(10)11/h1-4,9H,(H2,8,10,11). The first kappa shape index (κ1) is 8.36. The molecule has 0 heterocycles. The fraction of sp³-hybridized carbons (Fsp3) is 0. The van der Waals surface area contributed by atoms with Gasteiger partial charge in [-0.05, 0) is 24.3 Å². The van der Waals surface area contributed by atoms with Crippen molar-refractivity contribution in [3.8, 4) is 5.75 Å². The number of benzene rings is 1. The lowest BCUT2D eigenvalue weighted by Gasteiger charge is -2.01. The van der Waals surface area contributed by atoms with E-state index in [-0.39, 0.29) is 5.75 Å². The summed E-state index contributed by atoms with van der Waals surface area (Å²) in [5.41, 5.74) is 0.822. The summed E-state index contributed by atoms with van der Waals surface area (Å²) >= 11 is 8.59. The summed E-state index contributed by atoms with van der Waals surface area (Å²) in [4.78, 5) is 0. The van der Waals surface area contributed by atoms with E-state index in [4.69, 9.17) is 17.3 Å². The minimum Gasteiger partial charge on any atom is -0.508 e. The number of thiocarbonyl (C=S) groups is 1. The van der Waals surface area contributed by atoms with Crippen molar-refractivity contribution in [3.63, 3.8) is 0 Å². The highest BCUT2D eigenvalue weighted by molar-refractivity contribution is 8.11. The largest absolute Gasteiger partial charge is 0.508 e. The Bertz CT molecular complexity index is 258. The van der Waals surface area contributed by atoms with Crippen LogP contribution in [0, 0.1) is 0 Å². The molecular weight excluding hydrogens is 178 g/mol. The zero-order chi connectivity index (χ0) is 8.27. The molecule has 0 aromatic heterocycles. The molecule has 0 radical (unpaired) electrons. The van der Waals surface area contributed by atoms with Crippen molar-refractivity contribution in [1.82, 2.24) is 0 Å². The molecule has 0 atom stereocenters. The van der Waals surface area contributed by atoms with E-state index in [1.54, 1.807) is 24.3 Å². The van der Waals surface area contributed by atoms with Gasteiger partial charge in [0.25, 0.3) is 0 Å². The zero-order valence-electron chi connectivity index (χ0n) is 5.61. The van der Waals surface area contributed by atoms with Crippen LogP contribution < -0.4 is 5.32 Å². The van der Waals surface area contributed by atoms with E-state index >= 15 is 0 Å². The van der Waals surface area contributed by atoms with Gasteiger partial charge < -0.3 is 10.4 Å². The predicted octanol–water partition coefficient (Wildman–Crippen LogP) is 2.02. The maximum Gasteiger partial charge on any atom is 0.135 e. The van der Waals surface area contributed by atoms with Crippen molar-refractivity contribution in [1.29, 1.82) is 0 Å². The lowest BCUT2D eigenvalue weighted by Crippen LogP contribution is -1.99. The maximum atomic E-state index is 8.91. The number of thiol groups is 1. The summed E-state index contributed by atoms with van der Waals surface area (Å²) in [6, 6.07) is 6.60. The molecule has 4 heteroatoms. The Morgan fingerprint density at radius 1 is 1.36 bits per heavy atom. The molecular formula is C7H7NOS2. The van der Waals surface area contributed by atoms with Crippen LogP contribution in [0.2, 0.25) is 0 Å². The first-order valence-electron chi connectivity index (χ1n) is 2.97. The van der Waals surface area contributed by atoms with Crippen LogP contribution >= 0.6 is 24.8 Å². The molecule has 2 N–H and O–H groups in total. The molecule has 0 aliphatic carbocycles. The molecule has 0 unspecified atom stereocenters. The SMILES string of the molecule is Oc1ccc(NC(=S)S)cc1. The van der Waals surface area contributed by atoms with E-state index in [0.29, 0.717) is 4.32 Å². The molecule has 0 aliphatic rings. The Morgan fingerprint density at radius 2 is 1.91 bits per heavy atom. The van der Waals surface area contributed by atoms with Crippen molar-refractivity contribution in [2.75, 3.05) is 5.32 Å². The van der Waals surface area contributed by atoms with Crippen molar-refractivity contribution >= 4 is 34.9 Å². The lowest BCUT2D eigenvalue weighted by molar-refractivity contribution is 0.475. The van der Waals surface area contributed by atoms with E-state index in [9.17, 15) is 0 Å². The normalized spacial score (nSPS) is 9.18. The van der Waals surface area contributed by atoms with Crippen LogP contribution in [0.25, 0.3) is 0 Å². The molecule has 0 saturated heterocycles. The number of nitrogens with one attached hydrogen (secondary N) is 1. The van der Waals surface area contributed by atoms with Crippen LogP contribution in [0.3, 0.4) is 0 Å². The fourth-order valence-electron chi connectivity index (χ4n) is 0.668. The van der Waals surface area contributed by atoms with Gasteiger partial charge in [0.1, 0.15) is 10.1 Å². The quantitative estimate of drug-likeness (QED) is 0.355. The van der Waals surface area contributed by atoms with Gasteiger partial charge in [-0.1, -0.05) is 12.2 Å². The number of hydrogen-bond acceptors (Lipinski definition) is 2. The molecule has 0 amide bonds. The Morgan fingerprint density at radius 3 is 2.36 bits per heavy atom. The van der Waals surface area contributed by atoms with Gasteiger partial charge in [0.15, 0.2) is 0 Å². The number of rotatable bonds is 1. The molecule has 0 saturated carbocycles. The van der Waals surface area contributed by atoms with Gasteiger partial charge in [-0.2, -0.15) is 0 Å². The summed E-state index contributed by atoms with van der Waals surface area (Å²) < 4.78 is 0.413. The van der Waals surface area contributed by atoms with Gasteiger partial charge in [0.2, 0.25) is 0 Å². The van der Waals surface area contributed by atoms with Crippen LogP contribution in [-0.2, 0) is 0 Å².